The minimum atomic E-state index is -0.812. The number of likely N-dealkylation sites (tertiary alicyclic amines) is 1. The second-order valence-corrected chi connectivity index (χ2v) is 11.9. The molecule has 0 bridgehead atoms. The van der Waals surface area contributed by atoms with Gasteiger partial charge >= 0.3 is 0 Å². The first-order valence-electron chi connectivity index (χ1n) is 13.3. The number of nitrogens with one attached hydrogen (secondary N) is 2. The molecule has 3 amide bonds. The monoisotopic (exact) mass is 579 g/mol. The Labute approximate surface area is 241 Å². The quantitative estimate of drug-likeness (QED) is 0.302. The second-order valence-electron chi connectivity index (χ2n) is 11.0. The van der Waals surface area contributed by atoms with E-state index in [-0.39, 0.29) is 43.1 Å². The summed E-state index contributed by atoms with van der Waals surface area (Å²) in [5.41, 5.74) is 9.75. The molecule has 11 heteroatoms. The van der Waals surface area contributed by atoms with Crippen molar-refractivity contribution in [3.8, 4) is 10.4 Å². The highest BCUT2D eigenvalue weighted by molar-refractivity contribution is 7.13. The molecule has 1 aromatic heterocycles. The summed E-state index contributed by atoms with van der Waals surface area (Å²) in [7, 11) is 0. The number of nitrogens with two attached hydrogens (primary N) is 1. The lowest BCUT2D eigenvalue weighted by Gasteiger charge is -2.35. The summed E-state index contributed by atoms with van der Waals surface area (Å²) in [6, 6.07) is 6.31. The largest absolute Gasteiger partial charge is 0.391 e. The van der Waals surface area contributed by atoms with E-state index in [0.29, 0.717) is 25.9 Å². The van der Waals surface area contributed by atoms with Gasteiger partial charge in [0.15, 0.2) is 0 Å². The van der Waals surface area contributed by atoms with E-state index in [9.17, 15) is 19.5 Å². The average molecular weight is 580 g/mol. The number of aromatic nitrogens is 1. The summed E-state index contributed by atoms with van der Waals surface area (Å²) in [6.07, 6.45) is 2.08. The van der Waals surface area contributed by atoms with Gasteiger partial charge in [0.2, 0.25) is 17.7 Å². The van der Waals surface area contributed by atoms with Crippen LogP contribution in [0.4, 0.5) is 0 Å². The van der Waals surface area contributed by atoms with E-state index in [4.69, 9.17) is 5.73 Å². The Hall–Kier alpha value is -2.53. The van der Waals surface area contributed by atoms with Gasteiger partial charge in [0, 0.05) is 25.9 Å². The number of amides is 3. The molecule has 1 aromatic carbocycles. The lowest BCUT2D eigenvalue weighted by atomic mass is 9.85. The molecule has 0 aliphatic carbocycles. The Kier molecular flexibility index (Phi) is 12.4. The number of hydrogen-bond acceptors (Lipinski definition) is 7. The van der Waals surface area contributed by atoms with Crippen LogP contribution in [0.2, 0.25) is 0 Å². The molecule has 1 aliphatic heterocycles. The molecule has 1 saturated heterocycles. The molecule has 5 N–H and O–H groups in total. The summed E-state index contributed by atoms with van der Waals surface area (Å²) in [4.78, 5) is 46.2. The predicted molar refractivity (Wildman–Crippen MR) is 156 cm³/mol. The number of aryl methyl sites for hydroxylation is 1. The summed E-state index contributed by atoms with van der Waals surface area (Å²) < 4.78 is 0. The predicted octanol–water partition coefficient (Wildman–Crippen LogP) is 3.17. The van der Waals surface area contributed by atoms with Crippen LogP contribution in [0.25, 0.3) is 10.4 Å². The number of carbonyl (C=O) groups excluding carboxylic acids is 3. The van der Waals surface area contributed by atoms with Crippen molar-refractivity contribution < 1.29 is 19.5 Å². The van der Waals surface area contributed by atoms with Crippen molar-refractivity contribution in [1.82, 2.24) is 20.5 Å². The van der Waals surface area contributed by atoms with Crippen LogP contribution in [-0.2, 0) is 20.9 Å². The third-order valence-corrected chi connectivity index (χ3v) is 7.80. The van der Waals surface area contributed by atoms with Gasteiger partial charge in [0.05, 0.1) is 22.2 Å². The number of unbranched alkanes of at least 4 members (excludes halogenated alkanes) is 2. The first-order valence-corrected chi connectivity index (χ1v) is 14.1. The van der Waals surface area contributed by atoms with E-state index in [1.165, 1.54) is 4.90 Å². The van der Waals surface area contributed by atoms with Gasteiger partial charge in [-0.05, 0) is 42.9 Å². The zero-order valence-corrected chi connectivity index (χ0v) is 24.9. The number of aliphatic hydroxyl groups excluding tert-OH is 1. The molecule has 3 rings (SSSR count). The van der Waals surface area contributed by atoms with Crippen LogP contribution in [0, 0.1) is 12.3 Å². The third kappa shape index (κ3) is 8.99. The molecule has 1 aliphatic rings. The number of benzene rings is 1. The molecule has 0 spiro atoms. The highest BCUT2D eigenvalue weighted by atomic mass is 35.5. The van der Waals surface area contributed by atoms with Gasteiger partial charge in [-0.15, -0.1) is 23.7 Å². The number of aliphatic hydroxyl groups is 1. The van der Waals surface area contributed by atoms with Crippen molar-refractivity contribution >= 4 is 41.5 Å². The standard InChI is InChI=1S/C28H41N5O4S.ClH/c1-18-24(38-17-31-18)20-11-9-19(10-12-20)15-30-26(36)22-14-21(34)16-33(22)27(37)25(28(2,3)4)32-23(35)8-6-5-7-13-29;/h9-12,17,21-22,25,34H,5-8,13-16,29H2,1-4H3,(H,30,36)(H,32,35);1H/t21?,22?,25-;/m1./s1. The van der Waals surface area contributed by atoms with Gasteiger partial charge < -0.3 is 26.4 Å². The van der Waals surface area contributed by atoms with Crippen LogP contribution in [0.15, 0.2) is 29.8 Å². The molecule has 9 nitrogen and oxygen atoms in total. The Morgan fingerprint density at radius 2 is 1.87 bits per heavy atom. The van der Waals surface area contributed by atoms with Crippen molar-refractivity contribution in [1.29, 1.82) is 0 Å². The fourth-order valence-electron chi connectivity index (χ4n) is 4.62. The zero-order valence-electron chi connectivity index (χ0n) is 23.2. The van der Waals surface area contributed by atoms with E-state index < -0.39 is 23.6 Å². The van der Waals surface area contributed by atoms with Gasteiger partial charge in [-0.1, -0.05) is 51.5 Å². The summed E-state index contributed by atoms with van der Waals surface area (Å²) in [6.45, 7) is 8.55. The van der Waals surface area contributed by atoms with Crippen LogP contribution in [-0.4, -0.2) is 64.0 Å². The molecule has 216 valence electrons. The number of rotatable bonds is 11. The number of thiazole rings is 1. The fourth-order valence-corrected chi connectivity index (χ4v) is 5.43. The summed E-state index contributed by atoms with van der Waals surface area (Å²) >= 11 is 1.59. The molecule has 39 heavy (non-hydrogen) atoms. The van der Waals surface area contributed by atoms with E-state index in [1.54, 1.807) is 11.3 Å². The van der Waals surface area contributed by atoms with E-state index in [0.717, 1.165) is 34.5 Å². The Balaban J connectivity index is 0.00000533. The Morgan fingerprint density at radius 1 is 1.18 bits per heavy atom. The van der Waals surface area contributed by atoms with Crippen molar-refractivity contribution in [2.45, 2.75) is 84.5 Å². The maximum atomic E-state index is 13.6. The Bertz CT molecular complexity index is 1100. The van der Waals surface area contributed by atoms with Crippen molar-refractivity contribution in [3.63, 3.8) is 0 Å². The van der Waals surface area contributed by atoms with Crippen molar-refractivity contribution in [2.24, 2.45) is 11.1 Å². The van der Waals surface area contributed by atoms with Gasteiger partial charge in [-0.25, -0.2) is 4.98 Å². The van der Waals surface area contributed by atoms with Gasteiger partial charge in [-0.2, -0.15) is 0 Å². The van der Waals surface area contributed by atoms with E-state index in [2.05, 4.69) is 15.6 Å². The smallest absolute Gasteiger partial charge is 0.246 e. The van der Waals surface area contributed by atoms with Gasteiger partial charge in [-0.3, -0.25) is 14.4 Å². The van der Waals surface area contributed by atoms with Crippen LogP contribution >= 0.6 is 23.7 Å². The van der Waals surface area contributed by atoms with Gasteiger partial charge in [0.1, 0.15) is 12.1 Å². The SMILES string of the molecule is Cc1ncsc1-c1ccc(CNC(=O)C2CC(O)CN2C(=O)[C@@H](NC(=O)CCCCCN)C(C)(C)C)cc1.Cl. The van der Waals surface area contributed by atoms with Crippen molar-refractivity contribution in [2.75, 3.05) is 13.1 Å². The molecule has 2 unspecified atom stereocenters. The lowest BCUT2D eigenvalue weighted by molar-refractivity contribution is -0.144. The maximum Gasteiger partial charge on any atom is 0.246 e. The molecular weight excluding hydrogens is 538 g/mol. The molecule has 2 aromatic rings. The highest BCUT2D eigenvalue weighted by Crippen LogP contribution is 2.28. The number of carbonyl (C=O) groups is 3. The fraction of sp³-hybridized carbons (Fsp3) is 0.571. The molecule has 3 atom stereocenters. The summed E-state index contributed by atoms with van der Waals surface area (Å²) in [5, 5.41) is 16.2. The maximum absolute atomic E-state index is 13.6. The highest BCUT2D eigenvalue weighted by Gasteiger charge is 2.44. The van der Waals surface area contributed by atoms with Crippen LogP contribution in [0.5, 0.6) is 0 Å². The molecule has 2 heterocycles. The Morgan fingerprint density at radius 3 is 2.46 bits per heavy atom. The number of halogens is 1. The molecular formula is C28H42ClN5O4S. The third-order valence-electron chi connectivity index (χ3n) is 6.82. The zero-order chi connectivity index (χ0) is 27.9. The first kappa shape index (κ1) is 32.7. The number of hydrogen-bond donors (Lipinski definition) is 4. The minimum Gasteiger partial charge on any atom is -0.391 e. The van der Waals surface area contributed by atoms with E-state index in [1.807, 2.05) is 57.5 Å². The molecule has 0 saturated carbocycles. The summed E-state index contributed by atoms with van der Waals surface area (Å²) in [5.74, 6) is -0.875. The normalized spacial score (nSPS) is 17.8. The first-order chi connectivity index (χ1) is 18.0. The van der Waals surface area contributed by atoms with Crippen LogP contribution < -0.4 is 16.4 Å². The van der Waals surface area contributed by atoms with Crippen LogP contribution in [0.3, 0.4) is 0 Å². The van der Waals surface area contributed by atoms with Crippen molar-refractivity contribution in [3.05, 3.63) is 41.0 Å². The van der Waals surface area contributed by atoms with E-state index >= 15 is 0 Å². The average Bonchev–Trinajstić information content (AvgIpc) is 3.48. The van der Waals surface area contributed by atoms with Crippen LogP contribution in [0.1, 0.15) is 64.1 Å². The lowest BCUT2D eigenvalue weighted by Crippen LogP contribution is -2.57. The molecule has 1 fully saturated rings. The molecule has 0 radical (unpaired) electrons. The van der Waals surface area contributed by atoms with Gasteiger partial charge in [0.25, 0.3) is 0 Å². The second kappa shape index (κ2) is 14.7. The number of nitrogens with zero attached hydrogens (tertiary/aromatic N) is 2. The minimum absolute atomic E-state index is 0. The number of β-amino-alcohol motifs (C(OH)–C–C–N with tert-alkyl or cyclic N) is 1. The topological polar surface area (TPSA) is 138 Å².